The Morgan fingerprint density at radius 1 is 1.15 bits per heavy atom. The lowest BCUT2D eigenvalue weighted by molar-refractivity contribution is 0.0914. The minimum absolute atomic E-state index is 0.145. The number of hydrogen-bond donors (Lipinski definition) is 3. The quantitative estimate of drug-likeness (QED) is 0.389. The molecule has 3 aromatic heterocycles. The molecule has 0 radical (unpaired) electrons. The van der Waals surface area contributed by atoms with E-state index in [0.717, 1.165) is 25.7 Å². The zero-order chi connectivity index (χ0) is 23.4. The van der Waals surface area contributed by atoms with Crippen LogP contribution >= 0.6 is 23.2 Å². The van der Waals surface area contributed by atoms with Gasteiger partial charge in [-0.3, -0.25) is 9.78 Å². The number of aromatic nitrogens is 4. The van der Waals surface area contributed by atoms with E-state index in [4.69, 9.17) is 32.7 Å². The number of carbonyl (C=O) groups excluding carboxylic acids is 1. The second-order valence-electron chi connectivity index (χ2n) is 8.17. The highest BCUT2D eigenvalue weighted by molar-refractivity contribution is 6.39. The largest absolute Gasteiger partial charge is 0.475 e. The Kier molecular flexibility index (Phi) is 7.52. The fraction of sp³-hybridized carbons (Fsp3) is 0.455. The number of H-pyrrole nitrogens is 1. The van der Waals surface area contributed by atoms with E-state index in [1.165, 1.54) is 12.4 Å². The smallest absolute Gasteiger partial charge is 0.257 e. The Morgan fingerprint density at radius 3 is 2.58 bits per heavy atom. The highest BCUT2D eigenvalue weighted by atomic mass is 35.5. The van der Waals surface area contributed by atoms with Crippen LogP contribution in [-0.2, 0) is 4.74 Å². The Morgan fingerprint density at radius 2 is 1.88 bits per heavy atom. The number of rotatable bonds is 8. The molecule has 4 rings (SSSR count). The summed E-state index contributed by atoms with van der Waals surface area (Å²) >= 11 is 12.4. The molecule has 33 heavy (non-hydrogen) atoms. The summed E-state index contributed by atoms with van der Waals surface area (Å²) in [5.74, 6) is 1.05. The minimum Gasteiger partial charge on any atom is -0.475 e. The molecular formula is C22H26Cl2N6O3. The van der Waals surface area contributed by atoms with Crippen LogP contribution in [0.15, 0.2) is 18.5 Å². The number of amides is 1. The number of pyridine rings is 2. The number of anilines is 2. The molecule has 11 heteroatoms. The van der Waals surface area contributed by atoms with E-state index in [1.54, 1.807) is 13.2 Å². The van der Waals surface area contributed by atoms with Crippen LogP contribution in [0.3, 0.4) is 0 Å². The Balaban J connectivity index is 1.61. The molecule has 9 nitrogen and oxygen atoms in total. The molecule has 1 saturated carbocycles. The molecule has 3 heterocycles. The highest BCUT2D eigenvalue weighted by Gasteiger charge is 2.24. The Hall–Kier alpha value is -2.62. The molecule has 1 aliphatic rings. The lowest BCUT2D eigenvalue weighted by atomic mass is 9.87. The molecule has 3 aromatic rings. The van der Waals surface area contributed by atoms with Crippen molar-refractivity contribution in [3.05, 3.63) is 34.1 Å². The SMILES string of the molecule is COCCOc1nc2nc(Nc3c(Cl)cncc3Cl)[nH]c2cc1C(=O)NC1CCC(C)CC1. The second kappa shape index (κ2) is 10.5. The number of carbonyl (C=O) groups is 1. The van der Waals surface area contributed by atoms with Gasteiger partial charge < -0.3 is 25.1 Å². The number of ether oxygens (including phenoxy) is 2. The van der Waals surface area contributed by atoms with E-state index in [0.29, 0.717) is 50.9 Å². The molecule has 1 fully saturated rings. The first-order chi connectivity index (χ1) is 15.9. The number of methoxy groups -OCH3 is 1. The van der Waals surface area contributed by atoms with E-state index in [9.17, 15) is 4.79 Å². The number of halogens is 2. The number of nitrogens with one attached hydrogen (secondary N) is 3. The zero-order valence-corrected chi connectivity index (χ0v) is 20.0. The monoisotopic (exact) mass is 492 g/mol. The van der Waals surface area contributed by atoms with Gasteiger partial charge in [0.2, 0.25) is 11.8 Å². The molecule has 0 aliphatic heterocycles. The van der Waals surface area contributed by atoms with Crippen molar-refractivity contribution < 1.29 is 14.3 Å². The first-order valence-corrected chi connectivity index (χ1v) is 11.6. The van der Waals surface area contributed by atoms with Gasteiger partial charge in [-0.15, -0.1) is 0 Å². The van der Waals surface area contributed by atoms with Crippen molar-refractivity contribution >= 4 is 51.9 Å². The fourth-order valence-corrected chi connectivity index (χ4v) is 4.26. The summed E-state index contributed by atoms with van der Waals surface area (Å²) in [5.41, 5.74) is 1.76. The van der Waals surface area contributed by atoms with Gasteiger partial charge in [-0.2, -0.15) is 9.97 Å². The number of imidazole rings is 1. The molecule has 0 saturated heterocycles. The number of fused-ring (bicyclic) bond motifs is 1. The number of nitrogens with zero attached hydrogens (tertiary/aromatic N) is 3. The third kappa shape index (κ3) is 5.66. The van der Waals surface area contributed by atoms with Gasteiger partial charge in [0.1, 0.15) is 12.2 Å². The van der Waals surface area contributed by atoms with E-state index in [2.05, 4.69) is 37.5 Å². The van der Waals surface area contributed by atoms with Gasteiger partial charge in [0.25, 0.3) is 5.91 Å². The topological polar surface area (TPSA) is 114 Å². The summed E-state index contributed by atoms with van der Waals surface area (Å²) in [5, 5.41) is 6.88. The molecule has 1 amide bonds. The van der Waals surface area contributed by atoms with Gasteiger partial charge in [-0.05, 0) is 37.7 Å². The lowest BCUT2D eigenvalue weighted by Crippen LogP contribution is -2.37. The predicted molar refractivity (Wildman–Crippen MR) is 128 cm³/mol. The molecule has 0 unspecified atom stereocenters. The molecule has 0 atom stereocenters. The standard InChI is InChI=1S/C22H26Cl2N6O3/c1-12-3-5-13(6-4-12)26-20(31)14-9-17-19(29-21(14)33-8-7-32-2)30-22(27-17)28-18-15(23)10-25-11-16(18)24/h9-13H,3-8H2,1-2H3,(H,26,31)(H2,25,27,28,29,30). The summed E-state index contributed by atoms with van der Waals surface area (Å²) in [6.07, 6.45) is 7.10. The van der Waals surface area contributed by atoms with Crippen molar-refractivity contribution in [2.24, 2.45) is 5.92 Å². The normalized spacial score (nSPS) is 18.3. The first kappa shape index (κ1) is 23.5. The van der Waals surface area contributed by atoms with Gasteiger partial charge in [0.05, 0.1) is 27.9 Å². The zero-order valence-electron chi connectivity index (χ0n) is 18.5. The number of hydrogen-bond acceptors (Lipinski definition) is 7. The van der Waals surface area contributed by atoms with Crippen molar-refractivity contribution in [3.8, 4) is 5.88 Å². The molecule has 3 N–H and O–H groups in total. The maximum Gasteiger partial charge on any atom is 0.257 e. The predicted octanol–water partition coefficient (Wildman–Crippen LogP) is 4.74. The lowest BCUT2D eigenvalue weighted by Gasteiger charge is -2.27. The Labute approximate surface area is 201 Å². The van der Waals surface area contributed by atoms with Crippen molar-refractivity contribution in [2.75, 3.05) is 25.6 Å². The minimum atomic E-state index is -0.222. The van der Waals surface area contributed by atoms with Crippen LogP contribution in [0.25, 0.3) is 11.2 Å². The van der Waals surface area contributed by atoms with Gasteiger partial charge >= 0.3 is 0 Å². The molecule has 1 aliphatic carbocycles. The van der Waals surface area contributed by atoms with Gasteiger partial charge in [0.15, 0.2) is 5.65 Å². The van der Waals surface area contributed by atoms with Crippen LogP contribution in [-0.4, -0.2) is 52.2 Å². The maximum absolute atomic E-state index is 13.1. The second-order valence-corrected chi connectivity index (χ2v) is 8.99. The van der Waals surface area contributed by atoms with E-state index in [-0.39, 0.29) is 24.4 Å². The van der Waals surface area contributed by atoms with Gasteiger partial charge in [-0.1, -0.05) is 30.1 Å². The van der Waals surface area contributed by atoms with E-state index in [1.807, 2.05) is 0 Å². The van der Waals surface area contributed by atoms with Crippen LogP contribution in [0.1, 0.15) is 43.0 Å². The van der Waals surface area contributed by atoms with Crippen LogP contribution in [0.4, 0.5) is 11.6 Å². The van der Waals surface area contributed by atoms with Crippen molar-refractivity contribution in [1.29, 1.82) is 0 Å². The summed E-state index contributed by atoms with van der Waals surface area (Å²) in [6.45, 7) is 2.87. The van der Waals surface area contributed by atoms with Crippen molar-refractivity contribution in [1.82, 2.24) is 25.3 Å². The van der Waals surface area contributed by atoms with Crippen molar-refractivity contribution in [3.63, 3.8) is 0 Å². The molecule has 0 aromatic carbocycles. The summed E-state index contributed by atoms with van der Waals surface area (Å²) in [4.78, 5) is 29.1. The van der Waals surface area contributed by atoms with Crippen LogP contribution in [0.5, 0.6) is 5.88 Å². The molecule has 0 bridgehead atoms. The third-order valence-electron chi connectivity index (χ3n) is 5.66. The van der Waals surface area contributed by atoms with Gasteiger partial charge in [-0.25, -0.2) is 0 Å². The van der Waals surface area contributed by atoms with E-state index < -0.39 is 0 Å². The van der Waals surface area contributed by atoms with Crippen LogP contribution < -0.4 is 15.4 Å². The number of aromatic amines is 1. The Bertz CT molecular complexity index is 1110. The van der Waals surface area contributed by atoms with Crippen LogP contribution in [0.2, 0.25) is 10.0 Å². The summed E-state index contributed by atoms with van der Waals surface area (Å²) in [7, 11) is 1.58. The average molecular weight is 493 g/mol. The molecule has 0 spiro atoms. The van der Waals surface area contributed by atoms with Gasteiger partial charge in [0, 0.05) is 25.5 Å². The summed E-state index contributed by atoms with van der Waals surface area (Å²) < 4.78 is 10.8. The van der Waals surface area contributed by atoms with E-state index >= 15 is 0 Å². The average Bonchev–Trinajstić information content (AvgIpc) is 3.19. The summed E-state index contributed by atoms with van der Waals surface area (Å²) in [6, 6.07) is 1.84. The fourth-order valence-electron chi connectivity index (χ4n) is 3.80. The van der Waals surface area contributed by atoms with Crippen LogP contribution in [0, 0.1) is 5.92 Å². The van der Waals surface area contributed by atoms with Crippen molar-refractivity contribution in [2.45, 2.75) is 38.6 Å². The highest BCUT2D eigenvalue weighted by Crippen LogP contribution is 2.32. The molecule has 176 valence electrons. The maximum atomic E-state index is 13.1. The molecular weight excluding hydrogens is 467 g/mol. The third-order valence-corrected chi connectivity index (χ3v) is 6.23. The first-order valence-electron chi connectivity index (χ1n) is 10.8.